The van der Waals surface area contributed by atoms with Crippen LogP contribution in [0.3, 0.4) is 0 Å². The Kier molecular flexibility index (Phi) is 3.34. The molecule has 1 aromatic heterocycles. The minimum absolute atomic E-state index is 0.870. The Bertz CT molecular complexity index is 477. The van der Waals surface area contributed by atoms with Crippen LogP contribution in [-0.4, -0.2) is 12.1 Å². The van der Waals surface area contributed by atoms with E-state index in [4.69, 9.17) is 4.74 Å². The van der Waals surface area contributed by atoms with Crippen molar-refractivity contribution in [2.24, 2.45) is 0 Å². The second-order valence-corrected chi connectivity index (χ2v) is 3.33. The maximum atomic E-state index is 5.26. The number of rotatable bonds is 3. The fourth-order valence-electron chi connectivity index (χ4n) is 1.45. The summed E-state index contributed by atoms with van der Waals surface area (Å²) >= 11 is 0. The Morgan fingerprint density at radius 1 is 1.00 bits per heavy atom. The van der Waals surface area contributed by atoms with E-state index in [2.05, 4.69) is 4.98 Å². The van der Waals surface area contributed by atoms with Crippen molar-refractivity contribution in [1.29, 1.82) is 0 Å². The molecule has 2 heteroatoms. The van der Waals surface area contributed by atoms with E-state index >= 15 is 0 Å². The fraction of sp³-hybridized carbons (Fsp3) is 0.0714. The predicted molar refractivity (Wildman–Crippen MR) is 66.2 cm³/mol. The van der Waals surface area contributed by atoms with Crippen LogP contribution in [0.5, 0.6) is 5.75 Å². The lowest BCUT2D eigenvalue weighted by atomic mass is 10.1. The summed E-state index contributed by atoms with van der Waals surface area (Å²) in [7, 11) is 1.67. The Morgan fingerprint density at radius 3 is 2.56 bits per heavy atom. The highest BCUT2D eigenvalue weighted by Crippen LogP contribution is 2.19. The maximum Gasteiger partial charge on any atom is 0.126 e. The molecule has 0 unspecified atom stereocenters. The van der Waals surface area contributed by atoms with Crippen LogP contribution in [0, 0.1) is 0 Å². The molecule has 0 amide bonds. The van der Waals surface area contributed by atoms with Gasteiger partial charge in [-0.15, -0.1) is 0 Å². The van der Waals surface area contributed by atoms with Crippen molar-refractivity contribution in [1.82, 2.24) is 4.98 Å². The van der Waals surface area contributed by atoms with Crippen LogP contribution in [0.2, 0.25) is 0 Å². The van der Waals surface area contributed by atoms with Crippen LogP contribution in [0.1, 0.15) is 11.3 Å². The van der Waals surface area contributed by atoms with Gasteiger partial charge >= 0.3 is 0 Å². The molecule has 0 N–H and O–H groups in total. The number of benzene rings is 1. The molecular weight excluding hydrogens is 198 g/mol. The van der Waals surface area contributed by atoms with Crippen molar-refractivity contribution in [2.75, 3.05) is 7.11 Å². The molecule has 0 saturated carbocycles. The van der Waals surface area contributed by atoms with Gasteiger partial charge in [0.2, 0.25) is 0 Å². The molecule has 0 saturated heterocycles. The molecule has 0 bridgehead atoms. The number of aromatic nitrogens is 1. The van der Waals surface area contributed by atoms with E-state index in [-0.39, 0.29) is 0 Å². The Balaban J connectivity index is 2.24. The van der Waals surface area contributed by atoms with E-state index in [0.29, 0.717) is 0 Å². The van der Waals surface area contributed by atoms with Gasteiger partial charge in [0.05, 0.1) is 12.8 Å². The first-order chi connectivity index (χ1) is 7.90. The lowest BCUT2D eigenvalue weighted by molar-refractivity contribution is 0.414. The van der Waals surface area contributed by atoms with Crippen LogP contribution < -0.4 is 4.74 Å². The summed E-state index contributed by atoms with van der Waals surface area (Å²) in [6.07, 6.45) is 5.75. The third kappa shape index (κ3) is 2.48. The van der Waals surface area contributed by atoms with Gasteiger partial charge in [-0.3, -0.25) is 4.98 Å². The van der Waals surface area contributed by atoms with Gasteiger partial charge < -0.3 is 4.74 Å². The van der Waals surface area contributed by atoms with E-state index in [1.54, 1.807) is 13.3 Å². The molecule has 0 radical (unpaired) electrons. The first-order valence-electron chi connectivity index (χ1n) is 5.12. The summed E-state index contributed by atoms with van der Waals surface area (Å²) < 4.78 is 5.26. The van der Waals surface area contributed by atoms with Gasteiger partial charge in [-0.2, -0.15) is 0 Å². The van der Waals surface area contributed by atoms with E-state index in [0.717, 1.165) is 17.0 Å². The van der Waals surface area contributed by atoms with E-state index < -0.39 is 0 Å². The quantitative estimate of drug-likeness (QED) is 0.777. The van der Waals surface area contributed by atoms with Gasteiger partial charge in [0, 0.05) is 11.8 Å². The first-order valence-corrected chi connectivity index (χ1v) is 5.12. The van der Waals surface area contributed by atoms with Crippen molar-refractivity contribution < 1.29 is 4.74 Å². The zero-order valence-electron chi connectivity index (χ0n) is 9.13. The summed E-state index contributed by atoms with van der Waals surface area (Å²) in [6, 6.07) is 13.7. The van der Waals surface area contributed by atoms with Gasteiger partial charge in [-0.05, 0) is 30.4 Å². The Hall–Kier alpha value is -2.09. The summed E-state index contributed by atoms with van der Waals surface area (Å²) in [6.45, 7) is 0. The zero-order chi connectivity index (χ0) is 11.2. The summed E-state index contributed by atoms with van der Waals surface area (Å²) in [5, 5.41) is 0. The van der Waals surface area contributed by atoms with Crippen LogP contribution in [0.15, 0.2) is 48.7 Å². The van der Waals surface area contributed by atoms with Crippen molar-refractivity contribution >= 4 is 12.2 Å². The molecule has 16 heavy (non-hydrogen) atoms. The van der Waals surface area contributed by atoms with Gasteiger partial charge in [0.1, 0.15) is 5.75 Å². The third-order valence-corrected chi connectivity index (χ3v) is 2.26. The molecule has 0 spiro atoms. The maximum absolute atomic E-state index is 5.26. The number of ether oxygens (including phenoxy) is 1. The molecule has 2 aromatic rings. The van der Waals surface area contributed by atoms with E-state index in [1.165, 1.54) is 0 Å². The minimum atomic E-state index is 0.870. The van der Waals surface area contributed by atoms with Crippen molar-refractivity contribution in [3.63, 3.8) is 0 Å². The standard InChI is InChI=1S/C14H13NO/c1-16-14-8-3-2-6-12(14)9-10-13-7-4-5-11-15-13/h2-11H,1H3/b10-9-. The normalized spacial score (nSPS) is 10.6. The molecule has 0 aliphatic rings. The van der Waals surface area contributed by atoms with Crippen LogP contribution in [0.4, 0.5) is 0 Å². The molecule has 1 aromatic carbocycles. The molecule has 2 nitrogen and oxygen atoms in total. The number of hydrogen-bond donors (Lipinski definition) is 0. The fourth-order valence-corrected chi connectivity index (χ4v) is 1.45. The SMILES string of the molecule is COc1ccccc1/C=C\c1ccccn1. The van der Waals surface area contributed by atoms with Gasteiger partial charge in [-0.1, -0.05) is 24.3 Å². The number of methoxy groups -OCH3 is 1. The van der Waals surface area contributed by atoms with Crippen LogP contribution in [-0.2, 0) is 0 Å². The van der Waals surface area contributed by atoms with E-state index in [1.807, 2.05) is 54.6 Å². The largest absolute Gasteiger partial charge is 0.496 e. The molecule has 0 fully saturated rings. The topological polar surface area (TPSA) is 22.1 Å². The Labute approximate surface area is 95.2 Å². The number of pyridine rings is 1. The predicted octanol–water partition coefficient (Wildman–Crippen LogP) is 3.26. The van der Waals surface area contributed by atoms with Gasteiger partial charge in [-0.25, -0.2) is 0 Å². The average molecular weight is 211 g/mol. The summed E-state index contributed by atoms with van der Waals surface area (Å²) in [5.74, 6) is 0.870. The molecule has 0 aliphatic heterocycles. The average Bonchev–Trinajstić information content (AvgIpc) is 2.38. The van der Waals surface area contributed by atoms with Crippen molar-refractivity contribution in [3.8, 4) is 5.75 Å². The second-order valence-electron chi connectivity index (χ2n) is 3.33. The molecule has 0 aliphatic carbocycles. The summed E-state index contributed by atoms with van der Waals surface area (Å²) in [5.41, 5.74) is 1.99. The lowest BCUT2D eigenvalue weighted by Crippen LogP contribution is -1.85. The smallest absolute Gasteiger partial charge is 0.126 e. The molecular formula is C14H13NO. The minimum Gasteiger partial charge on any atom is -0.496 e. The molecule has 2 rings (SSSR count). The van der Waals surface area contributed by atoms with Crippen LogP contribution >= 0.6 is 0 Å². The molecule has 0 atom stereocenters. The Morgan fingerprint density at radius 2 is 1.81 bits per heavy atom. The van der Waals surface area contributed by atoms with Crippen molar-refractivity contribution in [3.05, 3.63) is 59.9 Å². The summed E-state index contributed by atoms with van der Waals surface area (Å²) in [4.78, 5) is 4.22. The second kappa shape index (κ2) is 5.12. The highest BCUT2D eigenvalue weighted by Gasteiger charge is 1.96. The van der Waals surface area contributed by atoms with Gasteiger partial charge in [0.15, 0.2) is 0 Å². The number of hydrogen-bond acceptors (Lipinski definition) is 2. The highest BCUT2D eigenvalue weighted by molar-refractivity contribution is 5.71. The monoisotopic (exact) mass is 211 g/mol. The van der Waals surface area contributed by atoms with Crippen LogP contribution in [0.25, 0.3) is 12.2 Å². The van der Waals surface area contributed by atoms with Gasteiger partial charge in [0.25, 0.3) is 0 Å². The molecule has 80 valence electrons. The third-order valence-electron chi connectivity index (χ3n) is 2.26. The number of nitrogens with zero attached hydrogens (tertiary/aromatic N) is 1. The number of para-hydroxylation sites is 1. The zero-order valence-corrected chi connectivity index (χ0v) is 9.13. The van der Waals surface area contributed by atoms with E-state index in [9.17, 15) is 0 Å². The molecule has 1 heterocycles. The lowest BCUT2D eigenvalue weighted by Gasteiger charge is -2.02. The van der Waals surface area contributed by atoms with Crippen molar-refractivity contribution in [2.45, 2.75) is 0 Å². The highest BCUT2D eigenvalue weighted by atomic mass is 16.5. The first kappa shape index (κ1) is 10.4.